The maximum Gasteiger partial charge on any atom is 0.115 e. The number of ether oxygens (including phenoxy) is 3. The summed E-state index contributed by atoms with van der Waals surface area (Å²) in [6.45, 7) is 3.47. The van der Waals surface area contributed by atoms with Gasteiger partial charge in [0, 0.05) is 33.7 Å². The molecule has 0 saturated carbocycles. The van der Waals surface area contributed by atoms with E-state index in [-0.39, 0.29) is 11.2 Å². The predicted octanol–water partition coefficient (Wildman–Crippen LogP) is 2.08. The largest absolute Gasteiger partial charge is 0.385 e. The molecule has 2 atom stereocenters. The van der Waals surface area contributed by atoms with E-state index in [0.29, 0.717) is 13.2 Å². The predicted molar refractivity (Wildman–Crippen MR) is 62.4 cm³/mol. The minimum atomic E-state index is -0.267. The Labute approximate surface area is 97.1 Å². The Morgan fingerprint density at radius 3 is 2.81 bits per heavy atom. The first kappa shape index (κ1) is 11.8. The van der Waals surface area contributed by atoms with Gasteiger partial charge in [0.05, 0.1) is 6.61 Å². The van der Waals surface area contributed by atoms with E-state index in [9.17, 15) is 0 Å². The van der Waals surface area contributed by atoms with E-state index >= 15 is 0 Å². The third-order valence-corrected chi connectivity index (χ3v) is 3.22. The first-order chi connectivity index (χ1) is 7.64. The summed E-state index contributed by atoms with van der Waals surface area (Å²) in [7, 11) is 3.44. The van der Waals surface area contributed by atoms with E-state index in [1.807, 2.05) is 0 Å². The fourth-order valence-corrected chi connectivity index (χ4v) is 2.69. The molecule has 0 aromatic rings. The molecule has 2 bridgehead atoms. The van der Waals surface area contributed by atoms with E-state index in [2.05, 4.69) is 25.2 Å². The Morgan fingerprint density at radius 1 is 1.31 bits per heavy atom. The lowest BCUT2D eigenvalue weighted by Crippen LogP contribution is -2.43. The fourth-order valence-electron chi connectivity index (χ4n) is 2.69. The van der Waals surface area contributed by atoms with Crippen molar-refractivity contribution in [1.29, 1.82) is 0 Å². The second-order valence-electron chi connectivity index (χ2n) is 4.80. The summed E-state index contributed by atoms with van der Waals surface area (Å²) >= 11 is 0. The molecule has 0 aromatic heterocycles. The van der Waals surface area contributed by atoms with E-state index in [1.54, 1.807) is 14.2 Å². The van der Waals surface area contributed by atoms with Crippen LogP contribution in [0.4, 0.5) is 0 Å². The van der Waals surface area contributed by atoms with Crippen LogP contribution in [0.1, 0.15) is 19.8 Å². The van der Waals surface area contributed by atoms with Crippen molar-refractivity contribution in [3.8, 4) is 0 Å². The zero-order valence-electron chi connectivity index (χ0n) is 10.3. The summed E-state index contributed by atoms with van der Waals surface area (Å²) in [5, 5.41) is 0. The van der Waals surface area contributed by atoms with Crippen LogP contribution in [-0.4, -0.2) is 38.6 Å². The molecule has 0 N–H and O–H groups in total. The maximum absolute atomic E-state index is 6.19. The van der Waals surface area contributed by atoms with Crippen molar-refractivity contribution in [2.45, 2.75) is 31.0 Å². The maximum atomic E-state index is 6.19. The minimum Gasteiger partial charge on any atom is -0.385 e. The van der Waals surface area contributed by atoms with Crippen LogP contribution in [0.3, 0.4) is 0 Å². The van der Waals surface area contributed by atoms with Gasteiger partial charge in [0.2, 0.25) is 0 Å². The number of hydrogen-bond donors (Lipinski definition) is 0. The Kier molecular flexibility index (Phi) is 3.19. The van der Waals surface area contributed by atoms with Gasteiger partial charge >= 0.3 is 0 Å². The van der Waals surface area contributed by atoms with Gasteiger partial charge in [0.1, 0.15) is 11.2 Å². The number of methoxy groups -OCH3 is 2. The van der Waals surface area contributed by atoms with Crippen molar-refractivity contribution < 1.29 is 14.2 Å². The number of hydrogen-bond acceptors (Lipinski definition) is 3. The monoisotopic (exact) mass is 224 g/mol. The molecule has 0 unspecified atom stereocenters. The number of fused-ring (bicyclic) bond motifs is 2. The van der Waals surface area contributed by atoms with Gasteiger partial charge in [-0.1, -0.05) is 11.6 Å². The molecule has 0 spiro atoms. The highest BCUT2D eigenvalue weighted by molar-refractivity contribution is 5.33. The molecule has 0 fully saturated rings. The summed E-state index contributed by atoms with van der Waals surface area (Å²) < 4.78 is 16.6. The van der Waals surface area contributed by atoms with E-state index in [0.717, 1.165) is 12.8 Å². The molecule has 0 saturated heterocycles. The normalized spacial score (nSPS) is 36.6. The Morgan fingerprint density at radius 2 is 2.12 bits per heavy atom. The van der Waals surface area contributed by atoms with Gasteiger partial charge in [-0.3, -0.25) is 0 Å². The molecule has 2 heterocycles. The molecule has 3 heteroatoms. The summed E-state index contributed by atoms with van der Waals surface area (Å²) in [6.07, 6.45) is 8.30. The second kappa shape index (κ2) is 4.32. The lowest BCUT2D eigenvalue weighted by atomic mass is 9.91. The van der Waals surface area contributed by atoms with Gasteiger partial charge in [-0.2, -0.15) is 0 Å². The van der Waals surface area contributed by atoms with Crippen molar-refractivity contribution in [2.24, 2.45) is 0 Å². The molecule has 0 amide bonds. The second-order valence-corrected chi connectivity index (χ2v) is 4.80. The lowest BCUT2D eigenvalue weighted by Gasteiger charge is -2.38. The van der Waals surface area contributed by atoms with Crippen LogP contribution < -0.4 is 0 Å². The molecule has 90 valence electrons. The van der Waals surface area contributed by atoms with Crippen molar-refractivity contribution in [2.75, 3.05) is 27.4 Å². The van der Waals surface area contributed by atoms with Crippen LogP contribution in [-0.2, 0) is 14.2 Å². The molecule has 2 aliphatic heterocycles. The highest BCUT2D eigenvalue weighted by atomic mass is 16.6. The number of rotatable bonds is 5. The molecule has 2 aliphatic rings. The molecular formula is C13H20O3. The highest BCUT2D eigenvalue weighted by Crippen LogP contribution is 2.43. The van der Waals surface area contributed by atoms with Crippen LogP contribution in [0, 0.1) is 0 Å². The topological polar surface area (TPSA) is 27.7 Å². The quantitative estimate of drug-likeness (QED) is 0.669. The lowest BCUT2D eigenvalue weighted by molar-refractivity contribution is -0.111. The molecule has 16 heavy (non-hydrogen) atoms. The standard InChI is InChI=1S/C13H20O3/c1-11-8-12(6-7-14-2)4-5-13(9-11,16-12)10-15-3/h4-5,8H,6-7,9-10H2,1-3H3/t12-,13-/m1/s1. The van der Waals surface area contributed by atoms with Gasteiger partial charge in [0.15, 0.2) is 0 Å². The zero-order valence-corrected chi connectivity index (χ0v) is 10.3. The minimum absolute atomic E-state index is 0.249. The molecule has 2 rings (SSSR count). The Hall–Kier alpha value is -0.640. The van der Waals surface area contributed by atoms with E-state index in [1.165, 1.54) is 5.57 Å². The zero-order chi connectivity index (χ0) is 11.6. The van der Waals surface area contributed by atoms with Crippen molar-refractivity contribution in [3.05, 3.63) is 23.8 Å². The van der Waals surface area contributed by atoms with Crippen LogP contribution in [0.15, 0.2) is 23.8 Å². The highest BCUT2D eigenvalue weighted by Gasteiger charge is 2.46. The average molecular weight is 224 g/mol. The van der Waals surface area contributed by atoms with Gasteiger partial charge in [-0.05, 0) is 19.1 Å². The van der Waals surface area contributed by atoms with Gasteiger partial charge in [0.25, 0.3) is 0 Å². The molecular weight excluding hydrogens is 204 g/mol. The third kappa shape index (κ3) is 2.08. The van der Waals surface area contributed by atoms with Crippen LogP contribution in [0.25, 0.3) is 0 Å². The summed E-state index contributed by atoms with van der Waals surface area (Å²) in [6, 6.07) is 0. The molecule has 3 nitrogen and oxygen atoms in total. The first-order valence-electron chi connectivity index (χ1n) is 5.70. The Balaban J connectivity index is 2.17. The van der Waals surface area contributed by atoms with Crippen molar-refractivity contribution in [1.82, 2.24) is 0 Å². The summed E-state index contributed by atoms with van der Waals surface area (Å²) in [4.78, 5) is 0. The first-order valence-corrected chi connectivity index (χ1v) is 5.70. The van der Waals surface area contributed by atoms with Crippen molar-refractivity contribution in [3.63, 3.8) is 0 Å². The van der Waals surface area contributed by atoms with Gasteiger partial charge < -0.3 is 14.2 Å². The summed E-state index contributed by atoms with van der Waals surface area (Å²) in [5.41, 5.74) is 0.850. The molecule has 0 aliphatic carbocycles. The SMILES string of the molecule is COCC[C@]12C=C[C@](COC)(CC(C)=C1)O2. The molecule has 0 radical (unpaired) electrons. The summed E-state index contributed by atoms with van der Waals surface area (Å²) in [5.74, 6) is 0. The van der Waals surface area contributed by atoms with E-state index in [4.69, 9.17) is 14.2 Å². The smallest absolute Gasteiger partial charge is 0.115 e. The fraction of sp³-hybridized carbons (Fsp3) is 0.692. The average Bonchev–Trinajstić information content (AvgIpc) is 2.49. The van der Waals surface area contributed by atoms with Crippen molar-refractivity contribution >= 4 is 0 Å². The van der Waals surface area contributed by atoms with Crippen LogP contribution in [0.5, 0.6) is 0 Å². The van der Waals surface area contributed by atoms with Gasteiger partial charge in [-0.25, -0.2) is 0 Å². The van der Waals surface area contributed by atoms with Gasteiger partial charge in [-0.15, -0.1) is 0 Å². The van der Waals surface area contributed by atoms with Crippen LogP contribution in [0.2, 0.25) is 0 Å². The third-order valence-electron chi connectivity index (χ3n) is 3.22. The molecule has 0 aromatic carbocycles. The Bertz CT molecular complexity index is 321. The van der Waals surface area contributed by atoms with E-state index < -0.39 is 0 Å². The van der Waals surface area contributed by atoms with Crippen LogP contribution >= 0.6 is 0 Å².